The van der Waals surface area contributed by atoms with Crippen LogP contribution in [0.1, 0.15) is 5.56 Å². The lowest BCUT2D eigenvalue weighted by Crippen LogP contribution is -2.22. The molecule has 0 aliphatic heterocycles. The lowest BCUT2D eigenvalue weighted by molar-refractivity contribution is -0.385. The maximum Gasteiger partial charge on any atom is 0.274 e. The summed E-state index contributed by atoms with van der Waals surface area (Å²) in [6.07, 6.45) is 0. The summed E-state index contributed by atoms with van der Waals surface area (Å²) in [6.45, 7) is 1.70. The van der Waals surface area contributed by atoms with Crippen molar-refractivity contribution >= 4 is 23.0 Å². The minimum absolute atomic E-state index is 0.0104. The van der Waals surface area contributed by atoms with E-state index in [0.29, 0.717) is 11.3 Å². The second-order valence-electron chi connectivity index (χ2n) is 4.47. The first-order valence-corrected chi connectivity index (χ1v) is 6.40. The number of benzene rings is 2. The Balaban J connectivity index is 2.00. The van der Waals surface area contributed by atoms with E-state index in [4.69, 9.17) is 0 Å². The molecule has 0 aliphatic rings. The summed E-state index contributed by atoms with van der Waals surface area (Å²) in [7, 11) is 0. The minimum atomic E-state index is -0.465. The molecule has 0 atom stereocenters. The normalized spacial score (nSPS) is 9.95. The Hall–Kier alpha value is -2.89. The van der Waals surface area contributed by atoms with Crippen LogP contribution in [0.25, 0.3) is 0 Å². The first-order chi connectivity index (χ1) is 10.1. The van der Waals surface area contributed by atoms with Gasteiger partial charge in [-0.2, -0.15) is 0 Å². The third-order valence-corrected chi connectivity index (χ3v) is 3.00. The summed E-state index contributed by atoms with van der Waals surface area (Å²) >= 11 is 0. The number of nitrogens with zero attached hydrogens (tertiary/aromatic N) is 1. The van der Waals surface area contributed by atoms with Crippen molar-refractivity contribution in [3.8, 4) is 0 Å². The smallest absolute Gasteiger partial charge is 0.274 e. The van der Waals surface area contributed by atoms with Crippen LogP contribution in [0.15, 0.2) is 48.5 Å². The van der Waals surface area contributed by atoms with Gasteiger partial charge in [-0.1, -0.05) is 24.3 Å². The summed E-state index contributed by atoms with van der Waals surface area (Å²) < 4.78 is 0. The van der Waals surface area contributed by atoms with Crippen LogP contribution in [0.3, 0.4) is 0 Å². The molecule has 0 bridgehead atoms. The predicted octanol–water partition coefficient (Wildman–Crippen LogP) is 2.95. The van der Waals surface area contributed by atoms with Gasteiger partial charge < -0.3 is 10.6 Å². The van der Waals surface area contributed by atoms with E-state index in [-0.39, 0.29) is 18.1 Å². The van der Waals surface area contributed by atoms with Gasteiger partial charge in [-0.3, -0.25) is 14.9 Å². The lowest BCUT2D eigenvalue weighted by Gasteiger charge is -2.10. The standard InChI is InChI=1S/C15H15N3O3/c1-11-13(8-5-9-14(11)18(20)21)17-15(19)10-16-12-6-3-2-4-7-12/h2-9,16H,10H2,1H3,(H,17,19). The maximum absolute atomic E-state index is 11.9. The van der Waals surface area contributed by atoms with Crippen molar-refractivity contribution in [2.75, 3.05) is 17.2 Å². The molecule has 2 N–H and O–H groups in total. The summed E-state index contributed by atoms with van der Waals surface area (Å²) in [5, 5.41) is 16.5. The Bertz CT molecular complexity index is 656. The quantitative estimate of drug-likeness (QED) is 0.653. The zero-order chi connectivity index (χ0) is 15.2. The molecule has 21 heavy (non-hydrogen) atoms. The first kappa shape index (κ1) is 14.5. The molecule has 0 spiro atoms. The summed E-state index contributed by atoms with van der Waals surface area (Å²) in [4.78, 5) is 22.3. The largest absolute Gasteiger partial charge is 0.376 e. The van der Waals surface area contributed by atoms with Gasteiger partial charge in [-0.05, 0) is 25.1 Å². The number of para-hydroxylation sites is 1. The van der Waals surface area contributed by atoms with E-state index < -0.39 is 4.92 Å². The van der Waals surface area contributed by atoms with E-state index in [1.807, 2.05) is 30.3 Å². The monoisotopic (exact) mass is 285 g/mol. The van der Waals surface area contributed by atoms with E-state index in [2.05, 4.69) is 10.6 Å². The van der Waals surface area contributed by atoms with Gasteiger partial charge in [0.05, 0.1) is 22.7 Å². The summed E-state index contributed by atoms with van der Waals surface area (Å²) in [6, 6.07) is 13.9. The van der Waals surface area contributed by atoms with E-state index >= 15 is 0 Å². The highest BCUT2D eigenvalue weighted by Crippen LogP contribution is 2.24. The topological polar surface area (TPSA) is 84.3 Å². The fraction of sp³-hybridized carbons (Fsp3) is 0.133. The van der Waals surface area contributed by atoms with Crippen molar-refractivity contribution in [3.63, 3.8) is 0 Å². The highest BCUT2D eigenvalue weighted by atomic mass is 16.6. The van der Waals surface area contributed by atoms with E-state index in [1.54, 1.807) is 19.1 Å². The molecule has 6 nitrogen and oxygen atoms in total. The van der Waals surface area contributed by atoms with E-state index in [1.165, 1.54) is 6.07 Å². The van der Waals surface area contributed by atoms with Gasteiger partial charge in [0.1, 0.15) is 0 Å². The van der Waals surface area contributed by atoms with Gasteiger partial charge in [0.2, 0.25) is 5.91 Å². The number of nitro groups is 1. The third kappa shape index (κ3) is 3.79. The summed E-state index contributed by atoms with van der Waals surface area (Å²) in [5.41, 5.74) is 1.71. The molecule has 0 fully saturated rings. The number of nitro benzene ring substituents is 1. The van der Waals surface area contributed by atoms with Gasteiger partial charge in [-0.25, -0.2) is 0 Å². The second kappa shape index (κ2) is 6.51. The fourth-order valence-electron chi connectivity index (χ4n) is 1.89. The molecule has 0 radical (unpaired) electrons. The fourth-order valence-corrected chi connectivity index (χ4v) is 1.89. The Morgan fingerprint density at radius 1 is 1.14 bits per heavy atom. The molecule has 0 aliphatic carbocycles. The third-order valence-electron chi connectivity index (χ3n) is 3.00. The molecule has 6 heteroatoms. The first-order valence-electron chi connectivity index (χ1n) is 6.40. The van der Waals surface area contributed by atoms with Gasteiger partial charge in [0.15, 0.2) is 0 Å². The maximum atomic E-state index is 11.9. The van der Waals surface area contributed by atoms with E-state index in [0.717, 1.165) is 5.69 Å². The van der Waals surface area contributed by atoms with Gasteiger partial charge in [0, 0.05) is 11.8 Å². The van der Waals surface area contributed by atoms with Crippen LogP contribution in [-0.4, -0.2) is 17.4 Å². The Labute approximate surface area is 121 Å². The molecule has 1 amide bonds. The molecule has 0 heterocycles. The minimum Gasteiger partial charge on any atom is -0.376 e. The van der Waals surface area contributed by atoms with Crippen molar-refractivity contribution in [1.29, 1.82) is 0 Å². The molecule has 2 aromatic carbocycles. The Morgan fingerprint density at radius 3 is 2.52 bits per heavy atom. The predicted molar refractivity (Wildman–Crippen MR) is 81.4 cm³/mol. The molecular weight excluding hydrogens is 270 g/mol. The van der Waals surface area contributed by atoms with Crippen LogP contribution < -0.4 is 10.6 Å². The van der Waals surface area contributed by atoms with Crippen LogP contribution in [0.5, 0.6) is 0 Å². The average molecular weight is 285 g/mol. The number of hydrogen-bond acceptors (Lipinski definition) is 4. The van der Waals surface area contributed by atoms with Gasteiger partial charge in [-0.15, -0.1) is 0 Å². The number of amides is 1. The van der Waals surface area contributed by atoms with Crippen molar-refractivity contribution < 1.29 is 9.72 Å². The van der Waals surface area contributed by atoms with Crippen molar-refractivity contribution in [2.45, 2.75) is 6.92 Å². The molecule has 0 saturated carbocycles. The number of rotatable bonds is 5. The van der Waals surface area contributed by atoms with Crippen LogP contribution in [0.4, 0.5) is 17.1 Å². The second-order valence-corrected chi connectivity index (χ2v) is 4.47. The molecule has 2 aromatic rings. The van der Waals surface area contributed by atoms with Crippen molar-refractivity contribution in [1.82, 2.24) is 0 Å². The van der Waals surface area contributed by atoms with Crippen LogP contribution in [0, 0.1) is 17.0 Å². The highest BCUT2D eigenvalue weighted by molar-refractivity contribution is 5.94. The average Bonchev–Trinajstić information content (AvgIpc) is 2.48. The van der Waals surface area contributed by atoms with Gasteiger partial charge in [0.25, 0.3) is 5.69 Å². The van der Waals surface area contributed by atoms with Crippen LogP contribution >= 0.6 is 0 Å². The SMILES string of the molecule is Cc1c(NC(=O)CNc2ccccc2)cccc1[N+](=O)[O-]. The number of nitrogens with one attached hydrogen (secondary N) is 2. The van der Waals surface area contributed by atoms with Crippen molar-refractivity contribution in [3.05, 3.63) is 64.2 Å². The highest BCUT2D eigenvalue weighted by Gasteiger charge is 2.14. The molecule has 108 valence electrons. The molecule has 2 rings (SSSR count). The molecular formula is C15H15N3O3. The number of carbonyl (C=O) groups is 1. The van der Waals surface area contributed by atoms with Crippen LogP contribution in [0.2, 0.25) is 0 Å². The molecule has 0 aromatic heterocycles. The lowest BCUT2D eigenvalue weighted by atomic mass is 10.1. The van der Waals surface area contributed by atoms with Gasteiger partial charge >= 0.3 is 0 Å². The van der Waals surface area contributed by atoms with Crippen molar-refractivity contribution in [2.24, 2.45) is 0 Å². The number of hydrogen-bond donors (Lipinski definition) is 2. The Kier molecular flexibility index (Phi) is 4.50. The zero-order valence-electron chi connectivity index (χ0n) is 11.5. The molecule has 0 saturated heterocycles. The number of carbonyl (C=O) groups excluding carboxylic acids is 1. The Morgan fingerprint density at radius 2 is 1.86 bits per heavy atom. The molecule has 0 unspecified atom stereocenters. The van der Waals surface area contributed by atoms with E-state index in [9.17, 15) is 14.9 Å². The number of anilines is 2. The summed E-state index contributed by atoms with van der Waals surface area (Å²) in [5.74, 6) is -0.262. The zero-order valence-corrected chi connectivity index (χ0v) is 11.5. The van der Waals surface area contributed by atoms with Crippen LogP contribution in [-0.2, 0) is 4.79 Å².